The Balaban J connectivity index is 0.000000195. The number of benzene rings is 4. The van der Waals surface area contributed by atoms with E-state index in [9.17, 15) is 0 Å². The topological polar surface area (TPSA) is 18.5 Å². The van der Waals surface area contributed by atoms with E-state index >= 15 is 0 Å². The molecule has 0 aliphatic rings. The summed E-state index contributed by atoms with van der Waals surface area (Å²) in [6, 6.07) is 38.0. The fourth-order valence-electron chi connectivity index (χ4n) is 4.97. The first-order valence-corrected chi connectivity index (χ1v) is 21.9. The van der Waals surface area contributed by atoms with Crippen LogP contribution in [0.1, 0.15) is 11.1 Å². The van der Waals surface area contributed by atoms with Crippen LogP contribution in [0.25, 0.3) is 43.8 Å². The maximum absolute atomic E-state index is 5.46. The Kier molecular flexibility index (Phi) is 14.1. The van der Waals surface area contributed by atoms with E-state index in [1.165, 1.54) is 43.8 Å². The van der Waals surface area contributed by atoms with E-state index in [4.69, 9.17) is 26.5 Å². The van der Waals surface area contributed by atoms with E-state index in [1.54, 1.807) is 14.2 Å². The molecule has 6 heteroatoms. The molecule has 42 heavy (non-hydrogen) atoms. The van der Waals surface area contributed by atoms with Crippen LogP contribution in [0, 0.1) is 13.8 Å². The molecule has 0 spiro atoms. The zero-order chi connectivity index (χ0) is 30.5. The second-order valence-corrected chi connectivity index (χ2v) is 14.4. The summed E-state index contributed by atoms with van der Waals surface area (Å²) < 4.78 is 10.9. The van der Waals surface area contributed by atoms with Gasteiger partial charge in [0.05, 0.1) is 14.2 Å². The fourth-order valence-corrected chi connectivity index (χ4v) is 4.97. The SMILES string of the molecule is COc1ccccc1-c1cccc2[cH-]c(C)cc12.COc1ccccc1-c1cccc2[cH-]c(C)cc12.C[Si]C.[Cl][Zr+2][Cl]. The molecule has 2 radical (unpaired) electrons. The minimum absolute atomic E-state index is 0.826. The third-order valence-corrected chi connectivity index (χ3v) is 6.58. The standard InChI is InChI=1S/2C17H15O.C2H6Si.2ClH.Zr/c2*1-12-10-13-6-5-8-14(16(13)11-12)15-7-3-4-9-17(15)18-2;1-3-2;;;/h2*3-11H,1-2H3;1-2H3;2*1H;/q2*-1;;;;+4/p-2. The van der Waals surface area contributed by atoms with E-state index in [0.29, 0.717) is 0 Å². The minimum atomic E-state index is -0.826. The van der Waals surface area contributed by atoms with E-state index in [1.807, 2.05) is 36.4 Å². The van der Waals surface area contributed by atoms with Crippen molar-refractivity contribution in [1.29, 1.82) is 0 Å². The Morgan fingerprint density at radius 1 is 0.571 bits per heavy atom. The van der Waals surface area contributed by atoms with E-state index in [-0.39, 0.29) is 0 Å². The predicted molar refractivity (Wildman–Crippen MR) is 182 cm³/mol. The van der Waals surface area contributed by atoms with Crippen LogP contribution in [0.2, 0.25) is 13.1 Å². The molecule has 214 valence electrons. The monoisotopic (exact) mass is 688 g/mol. The van der Waals surface area contributed by atoms with Crippen LogP contribution in [-0.4, -0.2) is 23.7 Å². The van der Waals surface area contributed by atoms with Gasteiger partial charge in [0.1, 0.15) is 11.5 Å². The van der Waals surface area contributed by atoms with Crippen molar-refractivity contribution < 1.29 is 30.3 Å². The molecular weight excluding hydrogens is 655 g/mol. The molecule has 6 aromatic rings. The normalized spacial score (nSPS) is 9.90. The van der Waals surface area contributed by atoms with Gasteiger partial charge in [-0.1, -0.05) is 86.6 Å². The Labute approximate surface area is 271 Å². The van der Waals surface area contributed by atoms with Crippen LogP contribution in [0.15, 0.2) is 109 Å². The molecule has 0 bridgehead atoms. The summed E-state index contributed by atoms with van der Waals surface area (Å²) in [5.74, 6) is 1.84. The quantitative estimate of drug-likeness (QED) is 0.135. The first-order chi connectivity index (χ1) is 20.4. The molecular formula is C36H36Cl2O2SiZr. The van der Waals surface area contributed by atoms with Gasteiger partial charge in [-0.05, 0) is 12.1 Å². The van der Waals surface area contributed by atoms with Crippen molar-refractivity contribution in [3.8, 4) is 33.8 Å². The Morgan fingerprint density at radius 2 is 0.905 bits per heavy atom. The summed E-state index contributed by atoms with van der Waals surface area (Å²) in [5.41, 5.74) is 7.36. The average molecular weight is 691 g/mol. The summed E-state index contributed by atoms with van der Waals surface area (Å²) in [5, 5.41) is 5.16. The second kappa shape index (κ2) is 17.5. The first kappa shape index (κ1) is 33.9. The number of hydrogen-bond acceptors (Lipinski definition) is 2. The second-order valence-electron chi connectivity index (χ2n) is 9.65. The van der Waals surface area contributed by atoms with E-state index in [2.05, 4.69) is 99.7 Å². The van der Waals surface area contributed by atoms with E-state index in [0.717, 1.165) is 32.1 Å². The number of fused-ring (bicyclic) bond motifs is 2. The number of ether oxygens (including phenoxy) is 2. The summed E-state index contributed by atoms with van der Waals surface area (Å²) in [7, 11) is 14.4. The molecule has 0 heterocycles. The summed E-state index contributed by atoms with van der Waals surface area (Å²) in [4.78, 5) is 0. The molecule has 0 saturated heterocycles. The molecule has 0 aliphatic heterocycles. The van der Waals surface area contributed by atoms with Gasteiger partial charge in [-0.2, -0.15) is 12.1 Å². The number of methoxy groups -OCH3 is 2. The molecule has 6 rings (SSSR count). The fraction of sp³-hybridized carbons (Fsp3) is 0.167. The van der Waals surface area contributed by atoms with E-state index < -0.39 is 20.8 Å². The van der Waals surface area contributed by atoms with Gasteiger partial charge < -0.3 is 9.47 Å². The van der Waals surface area contributed by atoms with Crippen molar-refractivity contribution in [3.63, 3.8) is 0 Å². The van der Waals surface area contributed by atoms with Gasteiger partial charge in [-0.3, -0.25) is 0 Å². The number of hydrogen-bond donors (Lipinski definition) is 0. The van der Waals surface area contributed by atoms with Crippen LogP contribution < -0.4 is 9.47 Å². The van der Waals surface area contributed by atoms with Crippen molar-refractivity contribution >= 4 is 48.1 Å². The number of rotatable bonds is 4. The molecule has 2 nitrogen and oxygen atoms in total. The van der Waals surface area contributed by atoms with Gasteiger partial charge in [-0.25, -0.2) is 0 Å². The number of para-hydroxylation sites is 2. The van der Waals surface area contributed by atoms with Crippen molar-refractivity contribution in [2.45, 2.75) is 26.9 Å². The van der Waals surface area contributed by atoms with Crippen LogP contribution in [0.5, 0.6) is 11.5 Å². The maximum atomic E-state index is 5.46. The van der Waals surface area contributed by atoms with Gasteiger partial charge in [0.25, 0.3) is 0 Å². The molecule has 0 saturated carbocycles. The zero-order valence-corrected chi connectivity index (χ0v) is 29.9. The van der Waals surface area contributed by atoms with Gasteiger partial charge in [-0.15, -0.1) is 69.1 Å². The molecule has 0 unspecified atom stereocenters. The molecule has 0 amide bonds. The Morgan fingerprint density at radius 3 is 1.26 bits per heavy atom. The van der Waals surface area contributed by atoms with Crippen LogP contribution in [-0.2, 0) is 20.8 Å². The molecule has 6 aromatic carbocycles. The predicted octanol–water partition coefficient (Wildman–Crippen LogP) is 11.2. The van der Waals surface area contributed by atoms with Gasteiger partial charge >= 0.3 is 37.9 Å². The summed E-state index contributed by atoms with van der Waals surface area (Å²) >= 11 is -0.826. The molecule has 0 atom stereocenters. The Hall–Kier alpha value is -2.62. The molecule has 0 fully saturated rings. The zero-order valence-electron chi connectivity index (χ0n) is 25.0. The van der Waals surface area contributed by atoms with Gasteiger partial charge in [0.15, 0.2) is 0 Å². The third kappa shape index (κ3) is 8.71. The molecule has 0 aromatic heterocycles. The summed E-state index contributed by atoms with van der Waals surface area (Å²) in [6.45, 7) is 8.57. The third-order valence-electron chi connectivity index (χ3n) is 6.58. The van der Waals surface area contributed by atoms with Crippen LogP contribution in [0.4, 0.5) is 0 Å². The molecule has 0 N–H and O–H groups in total. The first-order valence-electron chi connectivity index (χ1n) is 13.6. The number of halogens is 2. The Bertz CT molecular complexity index is 1560. The summed E-state index contributed by atoms with van der Waals surface area (Å²) in [6.07, 6.45) is 0. The number of aryl methyl sites for hydroxylation is 2. The van der Waals surface area contributed by atoms with Crippen molar-refractivity contribution in [1.82, 2.24) is 0 Å². The van der Waals surface area contributed by atoms with Crippen LogP contribution >= 0.6 is 17.0 Å². The molecule has 0 aliphatic carbocycles. The van der Waals surface area contributed by atoms with Gasteiger partial charge in [0.2, 0.25) is 0 Å². The van der Waals surface area contributed by atoms with Crippen LogP contribution in [0.3, 0.4) is 0 Å². The van der Waals surface area contributed by atoms with Crippen molar-refractivity contribution in [3.05, 3.63) is 120 Å². The average Bonchev–Trinajstić information content (AvgIpc) is 3.59. The van der Waals surface area contributed by atoms with Crippen molar-refractivity contribution in [2.75, 3.05) is 14.2 Å². The van der Waals surface area contributed by atoms with Crippen molar-refractivity contribution in [2.24, 2.45) is 0 Å². The van der Waals surface area contributed by atoms with Gasteiger partial charge in [0, 0.05) is 20.6 Å².